The second kappa shape index (κ2) is 8.20. The van der Waals surface area contributed by atoms with Gasteiger partial charge in [-0.1, -0.05) is 25.5 Å². The summed E-state index contributed by atoms with van der Waals surface area (Å²) in [6.45, 7) is 9.19. The summed E-state index contributed by atoms with van der Waals surface area (Å²) in [5.41, 5.74) is 1.02. The van der Waals surface area contributed by atoms with Gasteiger partial charge in [0.05, 0.1) is 12.2 Å². The van der Waals surface area contributed by atoms with Crippen LogP contribution in [-0.4, -0.2) is 46.6 Å². The molecule has 1 rings (SSSR count). The standard InChI is InChI=1S/C12H25N5/c1-4-6-7-16(3)8-9-17-11-12(14-15-17)10-13-5-2/h11,13H,4-10H2,1-3H3. The van der Waals surface area contributed by atoms with E-state index in [9.17, 15) is 0 Å². The van der Waals surface area contributed by atoms with Crippen molar-refractivity contribution in [3.05, 3.63) is 11.9 Å². The Hall–Kier alpha value is -0.940. The molecule has 98 valence electrons. The molecule has 1 heterocycles. The molecule has 0 unspecified atom stereocenters. The molecule has 0 fully saturated rings. The van der Waals surface area contributed by atoms with Gasteiger partial charge in [0.15, 0.2) is 0 Å². The number of hydrogen-bond donors (Lipinski definition) is 1. The zero-order valence-corrected chi connectivity index (χ0v) is 11.3. The first-order valence-corrected chi connectivity index (χ1v) is 6.54. The molecule has 1 N–H and O–H groups in total. The molecule has 0 atom stereocenters. The molecule has 0 bridgehead atoms. The predicted molar refractivity (Wildman–Crippen MR) is 69.8 cm³/mol. The van der Waals surface area contributed by atoms with Crippen LogP contribution in [0.5, 0.6) is 0 Å². The van der Waals surface area contributed by atoms with Gasteiger partial charge in [0.2, 0.25) is 0 Å². The van der Waals surface area contributed by atoms with E-state index in [2.05, 4.69) is 41.4 Å². The van der Waals surface area contributed by atoms with Crippen LogP contribution < -0.4 is 5.32 Å². The first-order valence-electron chi connectivity index (χ1n) is 6.54. The van der Waals surface area contributed by atoms with E-state index < -0.39 is 0 Å². The second-order valence-electron chi connectivity index (χ2n) is 4.41. The quantitative estimate of drug-likeness (QED) is 0.701. The molecule has 0 radical (unpaired) electrons. The third-order valence-corrected chi connectivity index (χ3v) is 2.75. The summed E-state index contributed by atoms with van der Waals surface area (Å²) in [5, 5.41) is 11.5. The van der Waals surface area contributed by atoms with Crippen LogP contribution in [0.3, 0.4) is 0 Å². The van der Waals surface area contributed by atoms with E-state index in [-0.39, 0.29) is 0 Å². The molecule has 5 heteroatoms. The van der Waals surface area contributed by atoms with Crippen LogP contribution in [-0.2, 0) is 13.1 Å². The number of rotatable bonds is 9. The Morgan fingerprint density at radius 2 is 2.18 bits per heavy atom. The largest absolute Gasteiger partial charge is 0.311 e. The minimum Gasteiger partial charge on any atom is -0.311 e. The lowest BCUT2D eigenvalue weighted by molar-refractivity contribution is 0.306. The van der Waals surface area contributed by atoms with E-state index in [0.29, 0.717) is 0 Å². The fourth-order valence-corrected chi connectivity index (χ4v) is 1.59. The molecule has 5 nitrogen and oxygen atoms in total. The zero-order valence-electron chi connectivity index (χ0n) is 11.3. The average molecular weight is 239 g/mol. The highest BCUT2D eigenvalue weighted by atomic mass is 15.4. The van der Waals surface area contributed by atoms with Gasteiger partial charge in [0.25, 0.3) is 0 Å². The van der Waals surface area contributed by atoms with Gasteiger partial charge in [-0.3, -0.25) is 4.68 Å². The maximum absolute atomic E-state index is 4.13. The van der Waals surface area contributed by atoms with Crippen LogP contribution in [0.4, 0.5) is 0 Å². The van der Waals surface area contributed by atoms with Gasteiger partial charge in [-0.05, 0) is 26.6 Å². The van der Waals surface area contributed by atoms with Crippen molar-refractivity contribution in [1.82, 2.24) is 25.2 Å². The summed E-state index contributed by atoms with van der Waals surface area (Å²) in [7, 11) is 2.16. The van der Waals surface area contributed by atoms with Crippen molar-refractivity contribution in [3.63, 3.8) is 0 Å². The van der Waals surface area contributed by atoms with Crippen molar-refractivity contribution in [2.75, 3.05) is 26.7 Å². The predicted octanol–water partition coefficient (Wildman–Crippen LogP) is 1.12. The van der Waals surface area contributed by atoms with Crippen LogP contribution in [0, 0.1) is 0 Å². The van der Waals surface area contributed by atoms with Gasteiger partial charge < -0.3 is 10.2 Å². The summed E-state index contributed by atoms with van der Waals surface area (Å²) in [6.07, 6.45) is 4.54. The van der Waals surface area contributed by atoms with Crippen LogP contribution in [0.2, 0.25) is 0 Å². The van der Waals surface area contributed by atoms with Crippen molar-refractivity contribution in [2.24, 2.45) is 0 Å². The third-order valence-electron chi connectivity index (χ3n) is 2.75. The SMILES string of the molecule is CCCCN(C)CCn1cc(CNCC)nn1. The van der Waals surface area contributed by atoms with Crippen molar-refractivity contribution in [3.8, 4) is 0 Å². The molecule has 0 aromatic carbocycles. The third kappa shape index (κ3) is 5.79. The van der Waals surface area contributed by atoms with Crippen molar-refractivity contribution in [1.29, 1.82) is 0 Å². The highest BCUT2D eigenvalue weighted by Gasteiger charge is 2.01. The first kappa shape index (κ1) is 14.1. The molecule has 0 spiro atoms. The summed E-state index contributed by atoms with van der Waals surface area (Å²) < 4.78 is 1.93. The Labute approximate surface area is 104 Å². The van der Waals surface area contributed by atoms with E-state index in [4.69, 9.17) is 0 Å². The minimum atomic E-state index is 0.808. The van der Waals surface area contributed by atoms with Crippen LogP contribution in [0.25, 0.3) is 0 Å². The van der Waals surface area contributed by atoms with Gasteiger partial charge in [0, 0.05) is 19.3 Å². The topological polar surface area (TPSA) is 46.0 Å². The van der Waals surface area contributed by atoms with Gasteiger partial charge in [-0.25, -0.2) is 0 Å². The van der Waals surface area contributed by atoms with Crippen LogP contribution >= 0.6 is 0 Å². The molecule has 0 aliphatic rings. The van der Waals surface area contributed by atoms with Gasteiger partial charge in [-0.2, -0.15) is 0 Å². The number of nitrogens with one attached hydrogen (secondary N) is 1. The lowest BCUT2D eigenvalue weighted by atomic mass is 10.3. The van der Waals surface area contributed by atoms with Gasteiger partial charge in [0.1, 0.15) is 0 Å². The van der Waals surface area contributed by atoms with E-state index in [0.717, 1.165) is 38.4 Å². The molecule has 1 aromatic heterocycles. The summed E-state index contributed by atoms with van der Waals surface area (Å²) in [5.74, 6) is 0. The monoisotopic (exact) mass is 239 g/mol. The Balaban J connectivity index is 2.24. The van der Waals surface area contributed by atoms with E-state index in [1.54, 1.807) is 0 Å². The number of unbranched alkanes of at least 4 members (excludes halogenated alkanes) is 1. The van der Waals surface area contributed by atoms with Gasteiger partial charge in [-0.15, -0.1) is 5.10 Å². The van der Waals surface area contributed by atoms with E-state index >= 15 is 0 Å². The number of aromatic nitrogens is 3. The summed E-state index contributed by atoms with van der Waals surface area (Å²) >= 11 is 0. The molecule has 1 aromatic rings. The molecule has 17 heavy (non-hydrogen) atoms. The average Bonchev–Trinajstić information content (AvgIpc) is 2.79. The van der Waals surface area contributed by atoms with Crippen LogP contribution in [0.1, 0.15) is 32.4 Å². The smallest absolute Gasteiger partial charge is 0.0964 e. The van der Waals surface area contributed by atoms with Gasteiger partial charge >= 0.3 is 0 Å². The normalized spacial score (nSPS) is 11.3. The fourth-order valence-electron chi connectivity index (χ4n) is 1.59. The maximum Gasteiger partial charge on any atom is 0.0964 e. The van der Waals surface area contributed by atoms with Crippen molar-refractivity contribution in [2.45, 2.75) is 39.8 Å². The van der Waals surface area contributed by atoms with E-state index in [1.165, 1.54) is 12.8 Å². The minimum absolute atomic E-state index is 0.808. The molecule has 0 aliphatic carbocycles. The van der Waals surface area contributed by atoms with Crippen molar-refractivity contribution < 1.29 is 0 Å². The second-order valence-corrected chi connectivity index (χ2v) is 4.41. The Morgan fingerprint density at radius 1 is 1.35 bits per heavy atom. The Bertz CT molecular complexity index is 297. The Morgan fingerprint density at radius 3 is 2.88 bits per heavy atom. The molecular formula is C12H25N5. The molecule has 0 saturated heterocycles. The lowest BCUT2D eigenvalue weighted by Crippen LogP contribution is -2.24. The van der Waals surface area contributed by atoms with E-state index in [1.807, 2.05) is 10.9 Å². The number of hydrogen-bond acceptors (Lipinski definition) is 4. The first-order chi connectivity index (χ1) is 8.26. The molecule has 0 aliphatic heterocycles. The highest BCUT2D eigenvalue weighted by molar-refractivity contribution is 4.91. The Kier molecular flexibility index (Phi) is 6.81. The maximum atomic E-state index is 4.13. The number of likely N-dealkylation sites (N-methyl/N-ethyl adjacent to an activating group) is 1. The zero-order chi connectivity index (χ0) is 12.5. The summed E-state index contributed by atoms with van der Waals surface area (Å²) in [6, 6.07) is 0. The number of nitrogens with zero attached hydrogens (tertiary/aromatic N) is 4. The van der Waals surface area contributed by atoms with Crippen molar-refractivity contribution >= 4 is 0 Å². The highest BCUT2D eigenvalue weighted by Crippen LogP contribution is 1.95. The summed E-state index contributed by atoms with van der Waals surface area (Å²) in [4.78, 5) is 2.34. The molecule has 0 amide bonds. The molecule has 0 saturated carbocycles. The molecular weight excluding hydrogens is 214 g/mol. The fraction of sp³-hybridized carbons (Fsp3) is 0.833. The van der Waals surface area contributed by atoms with Crippen LogP contribution in [0.15, 0.2) is 6.20 Å². The lowest BCUT2D eigenvalue weighted by Gasteiger charge is -2.15.